The van der Waals surface area contributed by atoms with Gasteiger partial charge in [-0.3, -0.25) is 0 Å². The molecule has 2 unspecified atom stereocenters. The van der Waals surface area contributed by atoms with Crippen molar-refractivity contribution in [3.05, 3.63) is 0 Å². The summed E-state index contributed by atoms with van der Waals surface area (Å²) in [6.07, 6.45) is 3.36. The normalized spacial score (nSPS) is 26.2. The fourth-order valence-corrected chi connectivity index (χ4v) is 4.29. The molecule has 134 valence electrons. The maximum atomic E-state index is 11.8. The molecule has 2 atom stereocenters. The van der Waals surface area contributed by atoms with E-state index in [-0.39, 0.29) is 6.09 Å². The second kappa shape index (κ2) is 9.14. The molecule has 0 bridgehead atoms. The van der Waals surface area contributed by atoms with E-state index in [9.17, 15) is 4.79 Å². The molecule has 0 aromatic heterocycles. The number of alkyl carbamates (subject to hydrolysis) is 1. The Morgan fingerprint density at radius 2 is 2.00 bits per heavy atom. The van der Waals surface area contributed by atoms with Gasteiger partial charge >= 0.3 is 6.09 Å². The molecule has 1 amide bonds. The van der Waals surface area contributed by atoms with Crippen LogP contribution in [0.25, 0.3) is 0 Å². The van der Waals surface area contributed by atoms with E-state index in [1.165, 1.54) is 43.9 Å². The zero-order chi connectivity index (χ0) is 16.7. The third kappa shape index (κ3) is 7.31. The molecule has 1 saturated carbocycles. The Labute approximate surface area is 145 Å². The summed E-state index contributed by atoms with van der Waals surface area (Å²) >= 11 is 2.06. The van der Waals surface area contributed by atoms with Gasteiger partial charge in [0.1, 0.15) is 5.60 Å². The first kappa shape index (κ1) is 18.9. The minimum absolute atomic E-state index is 0.297. The molecule has 0 aromatic rings. The number of ether oxygens (including phenoxy) is 1. The Morgan fingerprint density at radius 3 is 2.70 bits per heavy atom. The highest BCUT2D eigenvalue weighted by atomic mass is 32.2. The van der Waals surface area contributed by atoms with E-state index in [1.54, 1.807) is 0 Å². The lowest BCUT2D eigenvalue weighted by Gasteiger charge is -2.28. The van der Waals surface area contributed by atoms with Gasteiger partial charge < -0.3 is 20.3 Å². The van der Waals surface area contributed by atoms with Crippen LogP contribution in [0.15, 0.2) is 0 Å². The summed E-state index contributed by atoms with van der Waals surface area (Å²) in [7, 11) is 0. The standard InChI is InChI=1S/C17H33N3O2S/c1-17(2,3)22-16(21)19-13-14-5-4-6-15(14)18-7-8-20-9-11-23-12-10-20/h14-15,18H,4-13H2,1-3H3,(H,19,21). The molecule has 1 saturated heterocycles. The molecule has 2 rings (SSSR count). The molecule has 0 radical (unpaired) electrons. The number of nitrogens with zero attached hydrogens (tertiary/aromatic N) is 1. The van der Waals surface area contributed by atoms with E-state index in [2.05, 4.69) is 27.3 Å². The van der Waals surface area contributed by atoms with Crippen LogP contribution in [-0.2, 0) is 4.74 Å². The summed E-state index contributed by atoms with van der Waals surface area (Å²) in [5.74, 6) is 3.07. The highest BCUT2D eigenvalue weighted by Crippen LogP contribution is 2.25. The number of hydrogen-bond acceptors (Lipinski definition) is 5. The van der Waals surface area contributed by atoms with Crippen LogP contribution in [0.2, 0.25) is 0 Å². The highest BCUT2D eigenvalue weighted by Gasteiger charge is 2.28. The molecule has 0 spiro atoms. The summed E-state index contributed by atoms with van der Waals surface area (Å²) < 4.78 is 5.31. The average Bonchev–Trinajstić information content (AvgIpc) is 2.92. The van der Waals surface area contributed by atoms with Gasteiger partial charge in [0, 0.05) is 50.3 Å². The number of nitrogens with one attached hydrogen (secondary N) is 2. The van der Waals surface area contributed by atoms with Crippen molar-refractivity contribution in [2.75, 3.05) is 44.2 Å². The lowest BCUT2D eigenvalue weighted by atomic mass is 10.0. The van der Waals surface area contributed by atoms with E-state index in [1.807, 2.05) is 20.8 Å². The second-order valence-corrected chi connectivity index (χ2v) is 8.81. The first-order chi connectivity index (χ1) is 10.9. The average molecular weight is 344 g/mol. The topological polar surface area (TPSA) is 53.6 Å². The molecule has 1 aliphatic carbocycles. The Balaban J connectivity index is 1.63. The molecule has 2 N–H and O–H groups in total. The van der Waals surface area contributed by atoms with Gasteiger partial charge in [0.25, 0.3) is 0 Å². The number of carbonyl (C=O) groups excluding carboxylic acids is 1. The fraction of sp³-hybridized carbons (Fsp3) is 0.941. The summed E-state index contributed by atoms with van der Waals surface area (Å²) in [6, 6.07) is 0.532. The van der Waals surface area contributed by atoms with Crippen molar-refractivity contribution < 1.29 is 9.53 Å². The van der Waals surface area contributed by atoms with Crippen molar-refractivity contribution >= 4 is 17.9 Å². The van der Waals surface area contributed by atoms with E-state index >= 15 is 0 Å². The van der Waals surface area contributed by atoms with Crippen LogP contribution in [-0.4, -0.2) is 66.9 Å². The van der Waals surface area contributed by atoms with E-state index in [0.29, 0.717) is 18.5 Å². The van der Waals surface area contributed by atoms with Gasteiger partial charge in [0.2, 0.25) is 0 Å². The van der Waals surface area contributed by atoms with Crippen LogP contribution < -0.4 is 10.6 Å². The SMILES string of the molecule is CC(C)(C)OC(=O)NCC1CCCC1NCCN1CCSCC1. The van der Waals surface area contributed by atoms with Gasteiger partial charge in [-0.25, -0.2) is 4.79 Å². The molecule has 2 fully saturated rings. The van der Waals surface area contributed by atoms with Gasteiger partial charge in [0.05, 0.1) is 0 Å². The minimum Gasteiger partial charge on any atom is -0.444 e. The maximum absolute atomic E-state index is 11.8. The number of amides is 1. The monoisotopic (exact) mass is 343 g/mol. The van der Waals surface area contributed by atoms with Crippen LogP contribution >= 0.6 is 11.8 Å². The quantitative estimate of drug-likeness (QED) is 0.775. The maximum Gasteiger partial charge on any atom is 0.407 e. The highest BCUT2D eigenvalue weighted by molar-refractivity contribution is 7.99. The Hall–Kier alpha value is -0.460. The molecule has 6 heteroatoms. The van der Waals surface area contributed by atoms with E-state index < -0.39 is 5.60 Å². The Kier molecular flexibility index (Phi) is 7.50. The van der Waals surface area contributed by atoms with Crippen molar-refractivity contribution in [1.82, 2.24) is 15.5 Å². The zero-order valence-corrected chi connectivity index (χ0v) is 15.7. The van der Waals surface area contributed by atoms with Crippen molar-refractivity contribution in [3.8, 4) is 0 Å². The van der Waals surface area contributed by atoms with E-state index in [4.69, 9.17) is 4.74 Å². The first-order valence-corrected chi connectivity index (χ1v) is 10.1. The molecule has 2 aliphatic rings. The summed E-state index contributed by atoms with van der Waals surface area (Å²) in [4.78, 5) is 14.3. The first-order valence-electron chi connectivity index (χ1n) is 8.94. The zero-order valence-electron chi connectivity index (χ0n) is 14.9. The smallest absolute Gasteiger partial charge is 0.407 e. The summed E-state index contributed by atoms with van der Waals surface area (Å²) in [5.41, 5.74) is -0.426. The predicted molar refractivity (Wildman–Crippen MR) is 97.1 cm³/mol. The van der Waals surface area contributed by atoms with Gasteiger partial charge in [-0.15, -0.1) is 0 Å². The molecule has 0 aromatic carbocycles. The minimum atomic E-state index is -0.426. The van der Waals surface area contributed by atoms with Gasteiger partial charge in [-0.1, -0.05) is 6.42 Å². The van der Waals surface area contributed by atoms with Crippen LogP contribution in [0, 0.1) is 5.92 Å². The summed E-state index contributed by atoms with van der Waals surface area (Å²) in [5, 5.41) is 6.65. The molecule has 5 nitrogen and oxygen atoms in total. The predicted octanol–water partition coefficient (Wildman–Crippen LogP) is 2.32. The van der Waals surface area contributed by atoms with Crippen molar-refractivity contribution in [3.63, 3.8) is 0 Å². The lowest BCUT2D eigenvalue weighted by molar-refractivity contribution is 0.0517. The Morgan fingerprint density at radius 1 is 1.26 bits per heavy atom. The van der Waals surface area contributed by atoms with E-state index in [0.717, 1.165) is 13.1 Å². The van der Waals surface area contributed by atoms with Gasteiger partial charge in [-0.05, 0) is 39.5 Å². The second-order valence-electron chi connectivity index (χ2n) is 7.59. The van der Waals surface area contributed by atoms with Crippen molar-refractivity contribution in [2.45, 2.75) is 51.7 Å². The van der Waals surface area contributed by atoms with Crippen LogP contribution in [0.5, 0.6) is 0 Å². The third-order valence-electron chi connectivity index (χ3n) is 4.50. The molecular weight excluding hydrogens is 310 g/mol. The molecular formula is C17H33N3O2S. The summed E-state index contributed by atoms with van der Waals surface area (Å²) in [6.45, 7) is 11.0. The van der Waals surface area contributed by atoms with Crippen LogP contribution in [0.3, 0.4) is 0 Å². The number of hydrogen-bond donors (Lipinski definition) is 2. The fourth-order valence-electron chi connectivity index (χ4n) is 3.31. The number of thioether (sulfide) groups is 1. The largest absolute Gasteiger partial charge is 0.444 e. The van der Waals surface area contributed by atoms with Crippen molar-refractivity contribution in [1.29, 1.82) is 0 Å². The molecule has 23 heavy (non-hydrogen) atoms. The van der Waals surface area contributed by atoms with Gasteiger partial charge in [0.15, 0.2) is 0 Å². The Bertz CT molecular complexity index is 367. The molecule has 1 heterocycles. The number of rotatable bonds is 6. The van der Waals surface area contributed by atoms with Crippen molar-refractivity contribution in [2.24, 2.45) is 5.92 Å². The van der Waals surface area contributed by atoms with Gasteiger partial charge in [-0.2, -0.15) is 11.8 Å². The molecule has 1 aliphatic heterocycles. The third-order valence-corrected chi connectivity index (χ3v) is 5.45. The number of carbonyl (C=O) groups is 1. The van der Waals surface area contributed by atoms with Crippen LogP contribution in [0.1, 0.15) is 40.0 Å². The lowest BCUT2D eigenvalue weighted by Crippen LogP contribution is -2.44. The van der Waals surface area contributed by atoms with Crippen LogP contribution in [0.4, 0.5) is 4.79 Å².